The number of hydrogen-bond donors (Lipinski definition) is 2. The number of ketones is 1. The van der Waals surface area contributed by atoms with E-state index in [-0.39, 0.29) is 11.4 Å². The number of carbonyl (C=O) groups excluding carboxylic acids is 3. The number of carbonyl (C=O) groups is 3. The van der Waals surface area contributed by atoms with Gasteiger partial charge in [0.15, 0.2) is 5.78 Å². The van der Waals surface area contributed by atoms with Gasteiger partial charge in [-0.2, -0.15) is 17.9 Å². The van der Waals surface area contributed by atoms with E-state index in [9.17, 15) is 36.0 Å². The van der Waals surface area contributed by atoms with Crippen molar-refractivity contribution in [2.75, 3.05) is 5.32 Å². The second-order valence-electron chi connectivity index (χ2n) is 7.34. The van der Waals surface area contributed by atoms with Gasteiger partial charge in [0.05, 0.1) is 10.5 Å². The molecule has 8 nitrogen and oxygen atoms in total. The summed E-state index contributed by atoms with van der Waals surface area (Å²) >= 11 is 0. The standard InChI is InChI=1S/C19H22F3N3O5S/c1-10(2)25-11(3)16(12(4)26)18(17(25)28,19(20,21)22)24-31(29,30)15-8-6-14(7-9-15)23-13(5)27/h6-10,24H,1-5H3,(H,23,27). The summed E-state index contributed by atoms with van der Waals surface area (Å²) in [5.74, 6) is -3.12. The number of benzene rings is 1. The van der Waals surface area contributed by atoms with Crippen molar-refractivity contribution in [3.05, 3.63) is 35.5 Å². The topological polar surface area (TPSA) is 113 Å². The maximum atomic E-state index is 14.3. The first kappa shape index (κ1) is 24.5. The summed E-state index contributed by atoms with van der Waals surface area (Å²) < 4.78 is 70.2. The molecule has 1 aliphatic heterocycles. The molecule has 1 aromatic rings. The van der Waals surface area contributed by atoms with Crippen LogP contribution < -0.4 is 10.0 Å². The Labute approximate surface area is 177 Å². The van der Waals surface area contributed by atoms with Crippen molar-refractivity contribution in [1.82, 2.24) is 9.62 Å². The van der Waals surface area contributed by atoms with Crippen LogP contribution in [0.2, 0.25) is 0 Å². The highest BCUT2D eigenvalue weighted by molar-refractivity contribution is 7.89. The average molecular weight is 461 g/mol. The zero-order valence-corrected chi connectivity index (χ0v) is 18.2. The molecule has 1 atom stereocenters. The van der Waals surface area contributed by atoms with Crippen molar-refractivity contribution in [1.29, 1.82) is 0 Å². The number of rotatable bonds is 6. The molecule has 0 fully saturated rings. The molecule has 0 spiro atoms. The lowest BCUT2D eigenvalue weighted by molar-refractivity contribution is -0.189. The fourth-order valence-electron chi connectivity index (χ4n) is 3.57. The van der Waals surface area contributed by atoms with Crippen LogP contribution in [-0.4, -0.2) is 48.7 Å². The molecular weight excluding hydrogens is 439 g/mol. The Morgan fingerprint density at radius 2 is 1.61 bits per heavy atom. The second kappa shape index (κ2) is 8.08. The smallest absolute Gasteiger partial charge is 0.326 e. The van der Waals surface area contributed by atoms with E-state index in [4.69, 9.17) is 0 Å². The molecule has 0 aromatic heterocycles. The Bertz CT molecular complexity index is 1060. The number of sulfonamides is 1. The van der Waals surface area contributed by atoms with Crippen molar-refractivity contribution in [3.8, 4) is 0 Å². The number of nitrogens with one attached hydrogen (secondary N) is 2. The maximum Gasteiger partial charge on any atom is 0.421 e. The molecule has 12 heteroatoms. The Balaban J connectivity index is 2.66. The molecule has 170 valence electrons. The Morgan fingerprint density at radius 1 is 1.10 bits per heavy atom. The van der Waals surface area contributed by atoms with Crippen molar-refractivity contribution in [3.63, 3.8) is 0 Å². The van der Waals surface area contributed by atoms with E-state index >= 15 is 0 Å². The monoisotopic (exact) mass is 461 g/mol. The van der Waals surface area contributed by atoms with Crippen LogP contribution in [0.4, 0.5) is 18.9 Å². The van der Waals surface area contributed by atoms with Gasteiger partial charge in [0.1, 0.15) is 0 Å². The minimum Gasteiger partial charge on any atom is -0.326 e. The lowest BCUT2D eigenvalue weighted by Gasteiger charge is -2.33. The molecule has 2 N–H and O–H groups in total. The normalized spacial score (nSPS) is 19.9. The average Bonchev–Trinajstić information content (AvgIpc) is 2.81. The van der Waals surface area contributed by atoms with Crippen molar-refractivity contribution >= 4 is 33.3 Å². The fourth-order valence-corrected chi connectivity index (χ4v) is 4.89. The van der Waals surface area contributed by atoms with Gasteiger partial charge < -0.3 is 10.2 Å². The first-order valence-electron chi connectivity index (χ1n) is 9.10. The summed E-state index contributed by atoms with van der Waals surface area (Å²) in [7, 11) is -4.92. The van der Waals surface area contributed by atoms with Crippen LogP contribution in [0.3, 0.4) is 0 Å². The van der Waals surface area contributed by atoms with E-state index in [0.29, 0.717) is 0 Å². The van der Waals surface area contributed by atoms with Gasteiger partial charge in [0, 0.05) is 24.4 Å². The molecule has 0 radical (unpaired) electrons. The number of hydrogen-bond acceptors (Lipinski definition) is 5. The van der Waals surface area contributed by atoms with E-state index in [1.54, 1.807) is 0 Å². The zero-order chi connectivity index (χ0) is 23.9. The second-order valence-corrected chi connectivity index (χ2v) is 9.03. The van der Waals surface area contributed by atoms with Gasteiger partial charge in [-0.1, -0.05) is 0 Å². The molecule has 0 saturated carbocycles. The van der Waals surface area contributed by atoms with Crippen LogP contribution in [0.1, 0.15) is 34.6 Å². The number of halogens is 3. The highest BCUT2D eigenvalue weighted by Gasteiger charge is 2.70. The highest BCUT2D eigenvalue weighted by Crippen LogP contribution is 2.46. The molecule has 2 amide bonds. The lowest BCUT2D eigenvalue weighted by atomic mass is 9.88. The molecular formula is C19H22F3N3O5S. The summed E-state index contributed by atoms with van der Waals surface area (Å²) in [6.45, 7) is 6.12. The first-order valence-corrected chi connectivity index (χ1v) is 10.6. The predicted octanol–water partition coefficient (Wildman–Crippen LogP) is 2.34. The van der Waals surface area contributed by atoms with Crippen molar-refractivity contribution in [2.24, 2.45) is 0 Å². The minimum absolute atomic E-state index is 0.222. The molecule has 31 heavy (non-hydrogen) atoms. The van der Waals surface area contributed by atoms with Crippen LogP contribution in [0.5, 0.6) is 0 Å². The predicted molar refractivity (Wildman–Crippen MR) is 105 cm³/mol. The van der Waals surface area contributed by atoms with E-state index in [1.165, 1.54) is 44.5 Å². The summed E-state index contributed by atoms with van der Waals surface area (Å²) in [4.78, 5) is 36.4. The number of anilines is 1. The molecule has 1 aromatic carbocycles. The summed E-state index contributed by atoms with van der Waals surface area (Å²) in [6.07, 6.45) is -5.45. The first-order chi connectivity index (χ1) is 14.1. The lowest BCUT2D eigenvalue weighted by Crippen LogP contribution is -2.66. The molecule has 0 saturated heterocycles. The number of amides is 2. The maximum absolute atomic E-state index is 14.3. The highest BCUT2D eigenvalue weighted by atomic mass is 32.2. The van der Waals surface area contributed by atoms with Gasteiger partial charge in [-0.15, -0.1) is 0 Å². The summed E-state index contributed by atoms with van der Waals surface area (Å²) in [5.41, 5.74) is -4.78. The molecule has 0 bridgehead atoms. The van der Waals surface area contributed by atoms with Crippen molar-refractivity contribution in [2.45, 2.75) is 57.3 Å². The van der Waals surface area contributed by atoms with Crippen LogP contribution in [0.25, 0.3) is 0 Å². The summed E-state index contributed by atoms with van der Waals surface area (Å²) in [5, 5.41) is 2.39. The molecule has 1 heterocycles. The number of Topliss-reactive ketones (excluding diaryl/α,β-unsaturated/α-hetero) is 1. The van der Waals surface area contributed by atoms with Gasteiger partial charge in [-0.05, 0) is 52.0 Å². The van der Waals surface area contributed by atoms with Gasteiger partial charge >= 0.3 is 6.18 Å². The third-order valence-corrected chi connectivity index (χ3v) is 6.17. The van der Waals surface area contributed by atoms with Gasteiger partial charge in [0.2, 0.25) is 21.5 Å². The SMILES string of the molecule is CC(=O)Nc1ccc(S(=O)(=O)NC2(C(F)(F)F)C(=O)N(C(C)C)C(C)=C2C(C)=O)cc1. The molecule has 0 aliphatic carbocycles. The third kappa shape index (κ3) is 4.22. The summed E-state index contributed by atoms with van der Waals surface area (Å²) in [6, 6.07) is 3.55. The van der Waals surface area contributed by atoms with E-state index in [2.05, 4.69) is 5.32 Å². The molecule has 1 unspecified atom stereocenters. The van der Waals surface area contributed by atoms with Crippen LogP contribution >= 0.6 is 0 Å². The largest absolute Gasteiger partial charge is 0.421 e. The molecule has 1 aliphatic rings. The quantitative estimate of drug-likeness (QED) is 0.675. The van der Waals surface area contributed by atoms with Gasteiger partial charge in [0.25, 0.3) is 5.91 Å². The number of alkyl halides is 3. The van der Waals surface area contributed by atoms with E-state index in [0.717, 1.165) is 24.0 Å². The van der Waals surface area contributed by atoms with Crippen LogP contribution in [0, 0.1) is 0 Å². The third-order valence-electron chi connectivity index (χ3n) is 4.70. The fraction of sp³-hybridized carbons (Fsp3) is 0.421. The van der Waals surface area contributed by atoms with E-state index in [1.807, 2.05) is 0 Å². The van der Waals surface area contributed by atoms with Crippen molar-refractivity contribution < 1.29 is 36.0 Å². The zero-order valence-electron chi connectivity index (χ0n) is 17.4. The van der Waals surface area contributed by atoms with E-state index < -0.39 is 55.8 Å². The van der Waals surface area contributed by atoms with Crippen LogP contribution in [-0.2, 0) is 24.4 Å². The number of nitrogens with zero attached hydrogens (tertiary/aromatic N) is 1. The Morgan fingerprint density at radius 3 is 2.00 bits per heavy atom. The Kier molecular flexibility index (Phi) is 6.39. The van der Waals surface area contributed by atoms with Crippen LogP contribution in [0.15, 0.2) is 40.4 Å². The minimum atomic E-state index is -5.45. The van der Waals surface area contributed by atoms with Gasteiger partial charge in [-0.25, -0.2) is 8.42 Å². The van der Waals surface area contributed by atoms with Gasteiger partial charge in [-0.3, -0.25) is 14.4 Å². The molecule has 2 rings (SSSR count). The number of allylic oxidation sites excluding steroid dienone is 1. The Hall–Kier alpha value is -2.73.